The average Bonchev–Trinajstić information content (AvgIpc) is 3.17. The van der Waals surface area contributed by atoms with Crippen molar-refractivity contribution in [1.82, 2.24) is 0 Å². The van der Waals surface area contributed by atoms with Gasteiger partial charge in [0, 0.05) is 23.0 Å². The second-order valence-electron chi connectivity index (χ2n) is 16.3. The van der Waals surface area contributed by atoms with E-state index in [9.17, 15) is 19.7 Å². The minimum atomic E-state index is -2.97. The molecule has 2 aliphatic carbocycles. The number of carbonyl (C=O) groups is 2. The zero-order chi connectivity index (χ0) is 38.9. The summed E-state index contributed by atoms with van der Waals surface area (Å²) in [7, 11) is -4.05. The van der Waals surface area contributed by atoms with Gasteiger partial charge >= 0.3 is 7.12 Å². The minimum absolute atomic E-state index is 0.0151. The molecule has 0 spiro atoms. The first kappa shape index (κ1) is 39.2. The second-order valence-corrected chi connectivity index (χ2v) is 21.1. The summed E-state index contributed by atoms with van der Waals surface area (Å²) in [6, 6.07) is 33.2. The first-order valence-electron chi connectivity index (χ1n) is 19.6. The summed E-state index contributed by atoms with van der Waals surface area (Å²) >= 11 is 6.53. The number of rotatable bonds is 11. The van der Waals surface area contributed by atoms with Crippen molar-refractivity contribution < 1.29 is 28.8 Å². The number of aromatic hydroxyl groups is 1. The van der Waals surface area contributed by atoms with Gasteiger partial charge in [0.2, 0.25) is 0 Å². The SMILES string of the molecule is CCC/C(=C\c1ccc(O)cc1Cl)CC[C@H]1OB(O)C[C@H]2C1=C(CO[Si](c1ccccc1)(c1ccccc1)C(C)(C)C)C[C@H]1C(=O)c3ccccc3C(=O)[C@H]12. The molecule has 0 amide bonds. The lowest BCUT2D eigenvalue weighted by atomic mass is 9.54. The second kappa shape index (κ2) is 16.2. The quantitative estimate of drug-likeness (QED) is 0.117. The van der Waals surface area contributed by atoms with Gasteiger partial charge in [0.25, 0.3) is 8.32 Å². The van der Waals surface area contributed by atoms with E-state index < -0.39 is 33.4 Å². The topological polar surface area (TPSA) is 93.1 Å². The molecule has 0 unspecified atom stereocenters. The van der Waals surface area contributed by atoms with Crippen LogP contribution in [0, 0.1) is 17.8 Å². The highest BCUT2D eigenvalue weighted by Gasteiger charge is 2.55. The summed E-state index contributed by atoms with van der Waals surface area (Å²) in [6.45, 7) is 9.17. The van der Waals surface area contributed by atoms with E-state index in [1.165, 1.54) is 5.57 Å². The largest absolute Gasteiger partial charge is 0.508 e. The molecule has 0 radical (unpaired) electrons. The van der Waals surface area contributed by atoms with Gasteiger partial charge in [0.05, 0.1) is 17.7 Å². The Morgan fingerprint density at radius 3 is 2.11 bits per heavy atom. The van der Waals surface area contributed by atoms with Gasteiger partial charge in [-0.15, -0.1) is 0 Å². The first-order chi connectivity index (χ1) is 26.4. The average molecular weight is 773 g/mol. The van der Waals surface area contributed by atoms with Gasteiger partial charge in [-0.2, -0.15) is 0 Å². The third-order valence-corrected chi connectivity index (χ3v) is 17.2. The van der Waals surface area contributed by atoms with Gasteiger partial charge in [-0.05, 0) is 88.2 Å². The van der Waals surface area contributed by atoms with E-state index in [1.807, 2.05) is 30.3 Å². The van der Waals surface area contributed by atoms with Crippen molar-refractivity contribution in [2.24, 2.45) is 17.8 Å². The lowest BCUT2D eigenvalue weighted by Crippen LogP contribution is -2.66. The summed E-state index contributed by atoms with van der Waals surface area (Å²) in [4.78, 5) is 28.8. The number of phenolic OH excluding ortho intramolecular Hbond substituents is 1. The summed E-state index contributed by atoms with van der Waals surface area (Å²) in [6.07, 6.45) is 5.24. The van der Waals surface area contributed by atoms with Crippen molar-refractivity contribution >= 4 is 55.1 Å². The van der Waals surface area contributed by atoms with Crippen LogP contribution in [0.2, 0.25) is 16.4 Å². The number of allylic oxidation sites excluding steroid dienone is 1. The maximum absolute atomic E-state index is 14.4. The third-order valence-electron chi connectivity index (χ3n) is 11.9. The van der Waals surface area contributed by atoms with E-state index in [0.29, 0.717) is 35.4 Å². The van der Waals surface area contributed by atoms with Crippen LogP contribution in [0.15, 0.2) is 120 Å². The summed E-state index contributed by atoms with van der Waals surface area (Å²) < 4.78 is 14.0. The predicted octanol–water partition coefficient (Wildman–Crippen LogP) is 9.09. The van der Waals surface area contributed by atoms with Crippen LogP contribution in [0.4, 0.5) is 0 Å². The smallest absolute Gasteiger partial charge is 0.455 e. The lowest BCUT2D eigenvalue weighted by molar-refractivity contribution is 0.0591. The van der Waals surface area contributed by atoms with Crippen molar-refractivity contribution in [2.45, 2.75) is 77.3 Å². The Morgan fingerprint density at radius 1 is 0.891 bits per heavy atom. The number of ketones is 2. The van der Waals surface area contributed by atoms with Crippen molar-refractivity contribution in [1.29, 1.82) is 0 Å². The number of benzene rings is 4. The van der Waals surface area contributed by atoms with Gasteiger partial charge in [-0.25, -0.2) is 0 Å². The van der Waals surface area contributed by atoms with Crippen LogP contribution in [0.5, 0.6) is 5.75 Å². The maximum Gasteiger partial charge on any atom is 0.455 e. The number of carbonyl (C=O) groups excluding carboxylic acids is 2. The zero-order valence-corrected chi connectivity index (χ0v) is 33.9. The molecule has 4 atom stereocenters. The molecule has 284 valence electrons. The Hall–Kier alpha value is -4.05. The molecule has 1 saturated heterocycles. The Balaban J connectivity index is 1.33. The predicted molar refractivity (Wildman–Crippen MR) is 224 cm³/mol. The minimum Gasteiger partial charge on any atom is -0.508 e. The van der Waals surface area contributed by atoms with Crippen molar-refractivity contribution in [3.63, 3.8) is 0 Å². The van der Waals surface area contributed by atoms with E-state index in [-0.39, 0.29) is 41.2 Å². The monoisotopic (exact) mass is 772 g/mol. The molecule has 55 heavy (non-hydrogen) atoms. The lowest BCUT2D eigenvalue weighted by Gasteiger charge is -2.48. The normalized spacial score (nSPS) is 21.6. The fourth-order valence-electron chi connectivity index (χ4n) is 9.52. The highest BCUT2D eigenvalue weighted by atomic mass is 35.5. The molecule has 6 nitrogen and oxygen atoms in total. The molecule has 3 aliphatic rings. The van der Waals surface area contributed by atoms with Gasteiger partial charge < -0.3 is 19.2 Å². The maximum atomic E-state index is 14.4. The number of phenols is 1. The Kier molecular flexibility index (Phi) is 11.5. The number of halogens is 1. The Bertz CT molecular complexity index is 2070. The number of hydrogen-bond acceptors (Lipinski definition) is 6. The van der Waals surface area contributed by atoms with Crippen molar-refractivity contribution in [3.05, 3.63) is 142 Å². The molecular weight excluding hydrogens is 723 g/mol. The van der Waals surface area contributed by atoms with Crippen LogP contribution in [0.3, 0.4) is 0 Å². The molecule has 9 heteroatoms. The molecule has 1 aliphatic heterocycles. The fraction of sp³-hybridized carbons (Fsp3) is 0.348. The number of hydrogen-bond donors (Lipinski definition) is 2. The summed E-state index contributed by atoms with van der Waals surface area (Å²) in [5.74, 6) is -1.44. The molecule has 4 aromatic carbocycles. The third kappa shape index (κ3) is 7.60. The van der Waals surface area contributed by atoms with E-state index in [0.717, 1.165) is 39.9 Å². The van der Waals surface area contributed by atoms with Crippen LogP contribution in [-0.4, -0.2) is 49.8 Å². The van der Waals surface area contributed by atoms with Crippen molar-refractivity contribution in [2.75, 3.05) is 6.61 Å². The molecular formula is C46H50BClO6Si. The summed E-state index contributed by atoms with van der Waals surface area (Å²) in [5.41, 5.74) is 4.96. The van der Waals surface area contributed by atoms with Crippen molar-refractivity contribution in [3.8, 4) is 5.75 Å². The molecule has 4 aromatic rings. The standard InChI is InChI=1S/C46H50BClO6Si/c1-5-14-30(25-31-22-23-33(49)27-40(31)48)21-24-41-42-32(29-53-55(46(2,3)4,34-15-8-6-9-16-34)35-17-10-7-11-18-35)26-38-43(39(42)28-47(52)54-41)45(51)37-20-13-12-19-36(37)44(38)50/h6-13,15-20,22-23,25,27,38-39,41,43,49,52H,5,14,21,24,26,28-29H2,1-4H3/b30-25+/t38-,39+,41-,43-/m1/s1. The van der Waals surface area contributed by atoms with Gasteiger partial charge in [0.15, 0.2) is 11.6 Å². The van der Waals surface area contributed by atoms with Crippen LogP contribution in [0.1, 0.15) is 86.1 Å². The number of Topliss-reactive ketones (excluding diaryl/α,β-unsaturated/α-hetero) is 2. The highest BCUT2D eigenvalue weighted by molar-refractivity contribution is 6.99. The van der Waals surface area contributed by atoms with E-state index in [1.54, 1.807) is 24.3 Å². The van der Waals surface area contributed by atoms with Crippen LogP contribution in [-0.2, 0) is 9.08 Å². The van der Waals surface area contributed by atoms with Crippen LogP contribution in [0.25, 0.3) is 6.08 Å². The first-order valence-corrected chi connectivity index (χ1v) is 21.9. The summed E-state index contributed by atoms with van der Waals surface area (Å²) in [5, 5.41) is 23.8. The van der Waals surface area contributed by atoms with Gasteiger partial charge in [0.1, 0.15) is 5.75 Å². The fourth-order valence-corrected chi connectivity index (χ4v) is 14.3. The molecule has 0 aromatic heterocycles. The molecule has 1 fully saturated rings. The van der Waals surface area contributed by atoms with Gasteiger partial charge in [-0.1, -0.05) is 142 Å². The molecule has 2 N–H and O–H groups in total. The zero-order valence-electron chi connectivity index (χ0n) is 32.1. The van der Waals surface area contributed by atoms with E-state index in [4.69, 9.17) is 20.7 Å². The Morgan fingerprint density at radius 2 is 1.51 bits per heavy atom. The van der Waals surface area contributed by atoms with Gasteiger partial charge in [-0.3, -0.25) is 9.59 Å². The van der Waals surface area contributed by atoms with E-state index in [2.05, 4.69) is 82.3 Å². The molecule has 0 bridgehead atoms. The number of fused-ring (bicyclic) bond motifs is 4. The van der Waals surface area contributed by atoms with Crippen LogP contribution >= 0.6 is 11.6 Å². The van der Waals surface area contributed by atoms with Crippen LogP contribution < -0.4 is 10.4 Å². The molecule has 0 saturated carbocycles. The molecule has 7 rings (SSSR count). The molecule has 1 heterocycles. The van der Waals surface area contributed by atoms with E-state index >= 15 is 0 Å². The Labute approximate surface area is 331 Å². The highest BCUT2D eigenvalue weighted by Crippen LogP contribution is 2.51.